The normalized spacial score (nSPS) is 12.9. The Hall–Kier alpha value is -3.29. The second kappa shape index (κ2) is 10.8. The van der Waals surface area contributed by atoms with Crippen LogP contribution in [0.1, 0.15) is 19.8 Å². The fraction of sp³-hybridized carbons (Fsp3) is 0.478. The van der Waals surface area contributed by atoms with Gasteiger partial charge in [0.25, 0.3) is 0 Å². The zero-order valence-corrected chi connectivity index (χ0v) is 21.8. The Morgan fingerprint density at radius 1 is 1.19 bits per heavy atom. The van der Waals surface area contributed by atoms with E-state index in [1.807, 2.05) is 35.1 Å². The van der Waals surface area contributed by atoms with Gasteiger partial charge in [-0.05, 0) is 38.7 Å². The van der Waals surface area contributed by atoms with Gasteiger partial charge in [-0.3, -0.25) is 4.57 Å². The molecule has 0 aliphatic carbocycles. The maximum atomic E-state index is 13.4. The molecule has 0 bridgehead atoms. The molecule has 36 heavy (non-hydrogen) atoms. The molecule has 12 nitrogen and oxygen atoms in total. The van der Waals surface area contributed by atoms with Crippen molar-refractivity contribution in [1.29, 1.82) is 0 Å². The van der Waals surface area contributed by atoms with Crippen molar-refractivity contribution in [3.63, 3.8) is 0 Å². The second-order valence-electron chi connectivity index (χ2n) is 8.84. The van der Waals surface area contributed by atoms with Crippen LogP contribution in [0.4, 0.5) is 5.82 Å². The number of ether oxygens (including phenoxy) is 1. The van der Waals surface area contributed by atoms with Crippen molar-refractivity contribution < 1.29 is 17.9 Å². The van der Waals surface area contributed by atoms with E-state index in [0.29, 0.717) is 67.4 Å². The van der Waals surface area contributed by atoms with Crippen LogP contribution in [0.2, 0.25) is 0 Å². The second-order valence-corrected chi connectivity index (χ2v) is 10.9. The van der Waals surface area contributed by atoms with Gasteiger partial charge in [-0.1, -0.05) is 6.92 Å². The Morgan fingerprint density at radius 3 is 2.72 bits per heavy atom. The quantitative estimate of drug-likeness (QED) is 0.358. The number of fused-ring (bicyclic) bond motifs is 3. The number of carbonyl (C=O) groups excluding carboxylic acids is 1. The van der Waals surface area contributed by atoms with Crippen LogP contribution in [0.15, 0.2) is 29.4 Å². The molecule has 1 aliphatic heterocycles. The van der Waals surface area contributed by atoms with Gasteiger partial charge in [0.2, 0.25) is 10.0 Å². The van der Waals surface area contributed by atoms with E-state index in [1.165, 1.54) is 4.31 Å². The lowest BCUT2D eigenvalue weighted by Crippen LogP contribution is -2.33. The summed E-state index contributed by atoms with van der Waals surface area (Å²) in [7, 11) is 1.61. The molecular weight excluding hydrogens is 484 g/mol. The standard InChI is InChI=1S/C23H32N8O4S/c1-5-13-35-19-8-7-17(36(33,34)29(4)11-10-28(2)3)14-18(19)22-26-21-20(31(22)9-6-12-32)23-27-25-16-30(23)15-24-21/h7-8,12,14,16,24H,5-6,9-11,13,15H2,1-4H3. The SMILES string of the molecule is CCCOc1ccc(S(=O)(=O)N(C)CCN(C)C)cc1-c1nc2c(n1CCC=O)-c1nncn1CN2. The monoisotopic (exact) mass is 516 g/mol. The number of benzene rings is 1. The summed E-state index contributed by atoms with van der Waals surface area (Å²) in [4.78, 5) is 18.2. The number of anilines is 1. The average Bonchev–Trinajstić information content (AvgIpc) is 3.48. The van der Waals surface area contributed by atoms with Crippen LogP contribution < -0.4 is 10.1 Å². The van der Waals surface area contributed by atoms with Crippen LogP contribution in [0.25, 0.3) is 22.9 Å². The van der Waals surface area contributed by atoms with Gasteiger partial charge in [-0.25, -0.2) is 13.4 Å². The molecule has 1 aromatic carbocycles. The summed E-state index contributed by atoms with van der Waals surface area (Å²) in [6.07, 6.45) is 3.49. The Balaban J connectivity index is 1.86. The van der Waals surface area contributed by atoms with Gasteiger partial charge >= 0.3 is 0 Å². The number of rotatable bonds is 12. The van der Waals surface area contributed by atoms with Gasteiger partial charge in [-0.15, -0.1) is 10.2 Å². The number of aromatic nitrogens is 5. The van der Waals surface area contributed by atoms with Crippen molar-refractivity contribution in [2.45, 2.75) is 37.9 Å². The smallest absolute Gasteiger partial charge is 0.242 e. The molecule has 4 rings (SSSR count). The van der Waals surface area contributed by atoms with E-state index in [1.54, 1.807) is 31.6 Å². The molecule has 13 heteroatoms. The van der Waals surface area contributed by atoms with E-state index in [4.69, 9.17) is 9.72 Å². The number of imidazole rings is 1. The third-order valence-corrected chi connectivity index (χ3v) is 7.76. The summed E-state index contributed by atoms with van der Waals surface area (Å²) < 4.78 is 37.8. The number of aldehydes is 1. The molecule has 3 aromatic rings. The van der Waals surface area contributed by atoms with Gasteiger partial charge in [0.15, 0.2) is 11.6 Å². The van der Waals surface area contributed by atoms with Gasteiger partial charge in [0.1, 0.15) is 29.9 Å². The predicted octanol–water partition coefficient (Wildman–Crippen LogP) is 1.75. The molecule has 0 saturated heterocycles. The number of nitrogens with one attached hydrogen (secondary N) is 1. The van der Waals surface area contributed by atoms with Crippen LogP contribution in [0, 0.1) is 0 Å². The Bertz CT molecular complexity index is 1330. The lowest BCUT2D eigenvalue weighted by molar-refractivity contribution is -0.108. The molecule has 2 aromatic heterocycles. The molecule has 0 spiro atoms. The summed E-state index contributed by atoms with van der Waals surface area (Å²) in [6.45, 7) is 4.18. The maximum absolute atomic E-state index is 13.4. The van der Waals surface area contributed by atoms with Crippen LogP contribution in [0.5, 0.6) is 5.75 Å². The largest absolute Gasteiger partial charge is 0.493 e. The third kappa shape index (κ3) is 4.99. The van der Waals surface area contributed by atoms with Crippen molar-refractivity contribution in [2.24, 2.45) is 0 Å². The summed E-state index contributed by atoms with van der Waals surface area (Å²) >= 11 is 0. The van der Waals surface area contributed by atoms with Crippen LogP contribution in [-0.4, -0.2) is 89.1 Å². The predicted molar refractivity (Wildman–Crippen MR) is 135 cm³/mol. The van der Waals surface area contributed by atoms with Gasteiger partial charge < -0.3 is 24.3 Å². The van der Waals surface area contributed by atoms with E-state index < -0.39 is 10.0 Å². The lowest BCUT2D eigenvalue weighted by Gasteiger charge is -2.21. The first kappa shape index (κ1) is 25.8. The molecule has 1 N–H and O–H groups in total. The Morgan fingerprint density at radius 2 is 2.00 bits per heavy atom. The molecule has 0 fully saturated rings. The number of carbonyl (C=O) groups is 1. The molecular formula is C23H32N8O4S. The molecule has 1 aliphatic rings. The topological polar surface area (TPSA) is 127 Å². The number of hydrogen-bond donors (Lipinski definition) is 1. The van der Waals surface area contributed by atoms with E-state index in [-0.39, 0.29) is 11.3 Å². The fourth-order valence-electron chi connectivity index (χ4n) is 3.95. The van der Waals surface area contributed by atoms with E-state index >= 15 is 0 Å². The summed E-state index contributed by atoms with van der Waals surface area (Å²) in [6, 6.07) is 4.83. The van der Waals surface area contributed by atoms with E-state index in [0.717, 1.165) is 12.7 Å². The summed E-state index contributed by atoms with van der Waals surface area (Å²) in [5.74, 6) is 2.22. The minimum Gasteiger partial charge on any atom is -0.493 e. The highest BCUT2D eigenvalue weighted by molar-refractivity contribution is 7.89. The number of likely N-dealkylation sites (N-methyl/N-ethyl adjacent to an activating group) is 2. The molecule has 0 unspecified atom stereocenters. The highest BCUT2D eigenvalue weighted by Gasteiger charge is 2.29. The van der Waals surface area contributed by atoms with Crippen molar-refractivity contribution in [2.75, 3.05) is 46.2 Å². The Labute approximate surface area is 210 Å². The molecule has 0 radical (unpaired) electrons. The number of hydrogen-bond acceptors (Lipinski definition) is 9. The highest BCUT2D eigenvalue weighted by Crippen LogP contribution is 2.39. The van der Waals surface area contributed by atoms with Crippen LogP contribution in [0.3, 0.4) is 0 Å². The molecule has 0 saturated carbocycles. The first-order chi connectivity index (χ1) is 17.3. The number of nitrogens with zero attached hydrogens (tertiary/aromatic N) is 7. The van der Waals surface area contributed by atoms with E-state index in [2.05, 4.69) is 15.5 Å². The van der Waals surface area contributed by atoms with Crippen LogP contribution >= 0.6 is 0 Å². The lowest BCUT2D eigenvalue weighted by atomic mass is 10.2. The third-order valence-electron chi connectivity index (χ3n) is 5.91. The first-order valence-corrected chi connectivity index (χ1v) is 13.3. The Kier molecular flexibility index (Phi) is 7.71. The van der Waals surface area contributed by atoms with Crippen molar-refractivity contribution in [3.05, 3.63) is 24.5 Å². The molecule has 0 atom stereocenters. The first-order valence-electron chi connectivity index (χ1n) is 11.8. The van der Waals surface area contributed by atoms with Crippen molar-refractivity contribution in [3.8, 4) is 28.7 Å². The van der Waals surface area contributed by atoms with Crippen molar-refractivity contribution >= 4 is 22.1 Å². The fourth-order valence-corrected chi connectivity index (χ4v) is 5.13. The minimum absolute atomic E-state index is 0.140. The molecule has 194 valence electrons. The molecule has 0 amide bonds. The van der Waals surface area contributed by atoms with Crippen molar-refractivity contribution in [1.82, 2.24) is 33.5 Å². The van der Waals surface area contributed by atoms with Gasteiger partial charge in [0.05, 0.1) is 23.7 Å². The zero-order chi connectivity index (χ0) is 25.9. The molecule has 3 heterocycles. The highest BCUT2D eigenvalue weighted by atomic mass is 32.2. The minimum atomic E-state index is -3.76. The van der Waals surface area contributed by atoms with Crippen LogP contribution in [-0.2, 0) is 28.0 Å². The summed E-state index contributed by atoms with van der Waals surface area (Å²) in [5.41, 5.74) is 1.21. The van der Waals surface area contributed by atoms with Gasteiger partial charge in [0, 0.05) is 33.1 Å². The van der Waals surface area contributed by atoms with Gasteiger partial charge in [-0.2, -0.15) is 4.31 Å². The number of sulfonamides is 1. The summed E-state index contributed by atoms with van der Waals surface area (Å²) in [5, 5.41) is 11.5. The average molecular weight is 517 g/mol. The van der Waals surface area contributed by atoms with E-state index in [9.17, 15) is 13.2 Å². The maximum Gasteiger partial charge on any atom is 0.242 e. The zero-order valence-electron chi connectivity index (χ0n) is 21.0.